The lowest BCUT2D eigenvalue weighted by atomic mass is 9.98. The number of piperidine rings is 1. The number of amides is 4. The Labute approximate surface area is 158 Å². The van der Waals surface area contributed by atoms with Crippen LogP contribution < -0.4 is 0 Å². The normalized spacial score (nSPS) is 23.1. The Morgan fingerprint density at radius 2 is 2.04 bits per heavy atom. The number of urea groups is 1. The van der Waals surface area contributed by atoms with Crippen LogP contribution in [0, 0.1) is 18.3 Å². The van der Waals surface area contributed by atoms with Gasteiger partial charge in [-0.15, -0.1) is 6.42 Å². The van der Waals surface area contributed by atoms with Gasteiger partial charge in [-0.05, 0) is 23.8 Å². The molecule has 27 heavy (non-hydrogen) atoms. The zero-order valence-corrected chi connectivity index (χ0v) is 15.6. The molecule has 9 heteroatoms. The van der Waals surface area contributed by atoms with Gasteiger partial charge in [0.15, 0.2) is 6.54 Å². The summed E-state index contributed by atoms with van der Waals surface area (Å²) in [6.07, 6.45) is 8.37. The number of hydrogen-bond acceptors (Lipinski definition) is 5. The number of hydrogen-bond donors (Lipinski definition) is 0. The van der Waals surface area contributed by atoms with Crippen molar-refractivity contribution in [2.45, 2.75) is 18.9 Å². The summed E-state index contributed by atoms with van der Waals surface area (Å²) in [6.45, 7) is 2.29. The van der Waals surface area contributed by atoms with E-state index in [0.717, 1.165) is 17.7 Å². The number of nitrogens with zero attached hydrogens (tertiary/aromatic N) is 5. The second-order valence-corrected chi connectivity index (χ2v) is 6.96. The molecule has 0 aromatic rings. The third-order valence-electron chi connectivity index (χ3n) is 5.22. The van der Waals surface area contributed by atoms with Crippen LogP contribution in [-0.2, 0) is 14.3 Å². The van der Waals surface area contributed by atoms with Gasteiger partial charge in [-0.1, -0.05) is 5.92 Å². The van der Waals surface area contributed by atoms with E-state index in [0.29, 0.717) is 38.1 Å². The lowest BCUT2D eigenvalue weighted by Gasteiger charge is -2.33. The summed E-state index contributed by atoms with van der Waals surface area (Å²) in [5.74, 6) is 2.79. The Morgan fingerprint density at radius 3 is 2.70 bits per heavy atom. The fraction of sp³-hybridized carbons (Fsp3) is 0.611. The fourth-order valence-corrected chi connectivity index (χ4v) is 3.56. The number of rotatable bonds is 5. The summed E-state index contributed by atoms with van der Waals surface area (Å²) in [5.41, 5.74) is 0. The molecule has 9 nitrogen and oxygen atoms in total. The first-order chi connectivity index (χ1) is 12.9. The second-order valence-electron chi connectivity index (χ2n) is 6.96. The average molecular weight is 374 g/mol. The van der Waals surface area contributed by atoms with Gasteiger partial charge in [0, 0.05) is 27.2 Å². The van der Waals surface area contributed by atoms with Crippen molar-refractivity contribution in [1.82, 2.24) is 14.7 Å². The molecule has 4 amide bonds. The standard InChI is InChI=1S/C18H24N5O4/c1-4-9-27-11-13-5-7-22(8-6-13)14(24)10-23-12-19-16-15(23)17(25)21(3)18(26)20(16)2/h1,12-13,15H,5-11H2,2-3H3/q+1. The Bertz CT molecular complexity index is 745. The van der Waals surface area contributed by atoms with Crippen LogP contribution in [0.2, 0.25) is 0 Å². The van der Waals surface area contributed by atoms with Crippen LogP contribution in [0.3, 0.4) is 0 Å². The third-order valence-corrected chi connectivity index (χ3v) is 5.22. The molecule has 3 aliphatic heterocycles. The number of aliphatic imine (C=N–C) groups is 1. The highest BCUT2D eigenvalue weighted by Crippen LogP contribution is 2.19. The molecule has 144 valence electrons. The zero-order valence-electron chi connectivity index (χ0n) is 15.6. The molecule has 3 heterocycles. The van der Waals surface area contributed by atoms with Crippen molar-refractivity contribution in [3.05, 3.63) is 0 Å². The van der Waals surface area contributed by atoms with E-state index in [1.165, 1.54) is 18.3 Å². The maximum atomic E-state index is 12.7. The predicted octanol–water partition coefficient (Wildman–Crippen LogP) is -0.780. The van der Waals surface area contributed by atoms with E-state index in [4.69, 9.17) is 11.2 Å². The van der Waals surface area contributed by atoms with Crippen LogP contribution in [0.1, 0.15) is 12.8 Å². The van der Waals surface area contributed by atoms with E-state index in [2.05, 4.69) is 10.9 Å². The summed E-state index contributed by atoms with van der Waals surface area (Å²) in [4.78, 5) is 45.5. The average Bonchev–Trinajstić information content (AvgIpc) is 3.09. The number of amidine groups is 1. The van der Waals surface area contributed by atoms with Crippen LogP contribution in [0.15, 0.2) is 4.99 Å². The third kappa shape index (κ3) is 3.71. The summed E-state index contributed by atoms with van der Waals surface area (Å²) >= 11 is 0. The van der Waals surface area contributed by atoms with Crippen LogP contribution in [0.5, 0.6) is 0 Å². The van der Waals surface area contributed by atoms with Crippen LogP contribution in [0.4, 0.5) is 4.79 Å². The van der Waals surface area contributed by atoms with E-state index in [1.54, 1.807) is 16.5 Å². The first-order valence-electron chi connectivity index (χ1n) is 8.95. The van der Waals surface area contributed by atoms with Crippen molar-refractivity contribution in [1.29, 1.82) is 0 Å². The topological polar surface area (TPSA) is 85.5 Å². The van der Waals surface area contributed by atoms with Crippen molar-refractivity contribution >= 4 is 30.0 Å². The molecule has 0 bridgehead atoms. The Hall–Kier alpha value is -2.73. The molecule has 0 saturated carbocycles. The van der Waals surface area contributed by atoms with Gasteiger partial charge in [0.25, 0.3) is 30.0 Å². The highest BCUT2D eigenvalue weighted by atomic mass is 16.5. The van der Waals surface area contributed by atoms with Gasteiger partial charge >= 0.3 is 6.03 Å². The molecule has 0 N–H and O–H groups in total. The Kier molecular flexibility index (Phi) is 5.56. The first kappa shape index (κ1) is 19.0. The van der Waals surface area contributed by atoms with Gasteiger partial charge < -0.3 is 9.64 Å². The maximum absolute atomic E-state index is 12.7. The van der Waals surface area contributed by atoms with Gasteiger partial charge in [0.05, 0.1) is 6.61 Å². The largest absolute Gasteiger partial charge is 0.369 e. The van der Waals surface area contributed by atoms with Crippen molar-refractivity contribution in [2.75, 3.05) is 46.9 Å². The highest BCUT2D eigenvalue weighted by molar-refractivity contribution is 6.21. The number of carbonyl (C=O) groups excluding carboxylic acids is 3. The van der Waals surface area contributed by atoms with Gasteiger partial charge in [-0.2, -0.15) is 0 Å². The summed E-state index contributed by atoms with van der Waals surface area (Å²) in [5, 5.41) is 0. The quantitative estimate of drug-likeness (QED) is 0.359. The summed E-state index contributed by atoms with van der Waals surface area (Å²) in [7, 11) is 3.01. The van der Waals surface area contributed by atoms with E-state index < -0.39 is 12.1 Å². The smallest absolute Gasteiger partial charge is 0.333 e. The summed E-state index contributed by atoms with van der Waals surface area (Å²) < 4.78 is 6.98. The van der Waals surface area contributed by atoms with E-state index in [9.17, 15) is 14.4 Å². The molecular formula is C18H24N5O4+. The Balaban J connectivity index is 1.55. The van der Waals surface area contributed by atoms with Crippen LogP contribution in [0.25, 0.3) is 0 Å². The SMILES string of the molecule is C#CCOCC1CCN(C(=O)C[N+]2=CN=C3C2C(=O)N(C)C(=O)N3C)CC1. The molecule has 2 saturated heterocycles. The minimum absolute atomic E-state index is 0.0531. The minimum atomic E-state index is -0.726. The van der Waals surface area contributed by atoms with Gasteiger partial charge in [-0.25, -0.2) is 9.37 Å². The maximum Gasteiger partial charge on any atom is 0.333 e. The molecule has 3 aliphatic rings. The molecule has 0 spiro atoms. The number of imide groups is 1. The van der Waals surface area contributed by atoms with E-state index >= 15 is 0 Å². The monoisotopic (exact) mass is 374 g/mol. The first-order valence-corrected chi connectivity index (χ1v) is 8.95. The van der Waals surface area contributed by atoms with Crippen molar-refractivity contribution in [3.63, 3.8) is 0 Å². The van der Waals surface area contributed by atoms with Gasteiger partial charge in [0.2, 0.25) is 0 Å². The van der Waals surface area contributed by atoms with E-state index in [1.807, 2.05) is 0 Å². The zero-order chi connectivity index (χ0) is 19.6. The number of fused-ring (bicyclic) bond motifs is 1. The van der Waals surface area contributed by atoms with Crippen molar-refractivity contribution in [3.8, 4) is 12.3 Å². The molecule has 0 aromatic carbocycles. The molecule has 0 aliphatic carbocycles. The highest BCUT2D eigenvalue weighted by Gasteiger charge is 2.51. The summed E-state index contributed by atoms with van der Waals surface area (Å²) in [6, 6.07) is -1.15. The predicted molar refractivity (Wildman–Crippen MR) is 97.3 cm³/mol. The number of likely N-dealkylation sites (tertiary alicyclic amines) is 1. The molecule has 3 rings (SSSR count). The molecule has 1 unspecified atom stereocenters. The molecule has 0 aromatic heterocycles. The molecule has 2 fully saturated rings. The van der Waals surface area contributed by atoms with Gasteiger partial charge in [-0.3, -0.25) is 19.4 Å². The van der Waals surface area contributed by atoms with Gasteiger partial charge in [0.1, 0.15) is 6.61 Å². The fourth-order valence-electron chi connectivity index (χ4n) is 3.56. The minimum Gasteiger partial charge on any atom is -0.369 e. The number of ether oxygens (including phenoxy) is 1. The Morgan fingerprint density at radius 1 is 1.33 bits per heavy atom. The van der Waals surface area contributed by atoms with Crippen LogP contribution >= 0.6 is 0 Å². The second kappa shape index (κ2) is 7.88. The van der Waals surface area contributed by atoms with E-state index in [-0.39, 0.29) is 18.4 Å². The molecule has 1 atom stereocenters. The van der Waals surface area contributed by atoms with Crippen molar-refractivity contribution in [2.24, 2.45) is 10.9 Å². The number of likely N-dealkylation sites (N-methyl/N-ethyl adjacent to an activating group) is 2. The molecular weight excluding hydrogens is 350 g/mol. The number of carbonyl (C=O) groups is 3. The number of terminal acetylenes is 1. The molecule has 0 radical (unpaired) electrons. The lowest BCUT2D eigenvalue weighted by molar-refractivity contribution is -0.520. The van der Waals surface area contributed by atoms with Crippen molar-refractivity contribution < 1.29 is 23.7 Å². The lowest BCUT2D eigenvalue weighted by Crippen LogP contribution is -2.62. The van der Waals surface area contributed by atoms with Crippen LogP contribution in [-0.4, -0.2) is 102 Å².